The molecule has 0 saturated heterocycles. The normalized spacial score (nSPS) is 10.5. The number of benzene rings is 2. The predicted molar refractivity (Wildman–Crippen MR) is 113 cm³/mol. The molecule has 0 aliphatic rings. The summed E-state index contributed by atoms with van der Waals surface area (Å²) in [5, 5.41) is 6.86. The fourth-order valence-electron chi connectivity index (χ4n) is 2.23. The molecule has 0 bridgehead atoms. The minimum absolute atomic E-state index is 0.100. The van der Waals surface area contributed by atoms with Gasteiger partial charge in [0, 0.05) is 11.6 Å². The van der Waals surface area contributed by atoms with Crippen LogP contribution < -0.4 is 20.1 Å². The maximum absolute atomic E-state index is 12.4. The van der Waals surface area contributed by atoms with Crippen molar-refractivity contribution in [2.75, 3.05) is 19.5 Å². The van der Waals surface area contributed by atoms with Crippen LogP contribution in [0.3, 0.4) is 0 Å². The van der Waals surface area contributed by atoms with Crippen LogP contribution in [0.1, 0.15) is 10.4 Å². The smallest absolute Gasteiger partial charge is 0.257 e. The molecule has 27 heavy (non-hydrogen) atoms. The molecule has 1 heterocycles. The molecule has 3 aromatic rings. The van der Waals surface area contributed by atoms with Crippen LogP contribution in [-0.4, -0.2) is 30.2 Å². The summed E-state index contributed by atoms with van der Waals surface area (Å²) >= 11 is 18.7. The van der Waals surface area contributed by atoms with E-state index < -0.39 is 5.91 Å². The Labute approximate surface area is 174 Å². The lowest BCUT2D eigenvalue weighted by molar-refractivity contribution is 0.0977. The number of hydrogen-bond acceptors (Lipinski definition) is 6. The van der Waals surface area contributed by atoms with Crippen molar-refractivity contribution in [1.29, 1.82) is 0 Å². The molecule has 10 heteroatoms. The summed E-state index contributed by atoms with van der Waals surface area (Å²) in [4.78, 5) is 16.8. The van der Waals surface area contributed by atoms with Crippen LogP contribution in [0.5, 0.6) is 11.5 Å². The second-order valence-corrected chi connectivity index (χ2v) is 7.46. The van der Waals surface area contributed by atoms with Crippen LogP contribution in [0.2, 0.25) is 10.0 Å². The molecule has 1 aromatic heterocycles. The number of hydrogen-bond donors (Lipinski definition) is 2. The highest BCUT2D eigenvalue weighted by atomic mass is 35.5. The van der Waals surface area contributed by atoms with Gasteiger partial charge in [0.2, 0.25) is 0 Å². The van der Waals surface area contributed by atoms with E-state index in [0.29, 0.717) is 37.8 Å². The van der Waals surface area contributed by atoms with Gasteiger partial charge in [-0.3, -0.25) is 10.1 Å². The monoisotopic (exact) mass is 441 g/mol. The van der Waals surface area contributed by atoms with Crippen molar-refractivity contribution in [1.82, 2.24) is 10.3 Å². The lowest BCUT2D eigenvalue weighted by atomic mass is 10.2. The number of nitrogens with zero attached hydrogens (tertiary/aromatic N) is 1. The number of anilines is 1. The second kappa shape index (κ2) is 8.26. The first kappa shape index (κ1) is 19.6. The average Bonchev–Trinajstić information content (AvgIpc) is 3.07. The Bertz CT molecular complexity index is 1020. The molecule has 0 aliphatic heterocycles. The number of thiazole rings is 1. The summed E-state index contributed by atoms with van der Waals surface area (Å²) in [7, 11) is 3.01. The summed E-state index contributed by atoms with van der Waals surface area (Å²) in [6.45, 7) is 0. The number of amides is 1. The molecule has 2 N–H and O–H groups in total. The number of methoxy groups -OCH3 is 2. The van der Waals surface area contributed by atoms with E-state index in [9.17, 15) is 4.79 Å². The van der Waals surface area contributed by atoms with Crippen LogP contribution in [0.25, 0.3) is 10.2 Å². The number of nitrogens with one attached hydrogen (secondary N) is 2. The molecule has 0 unspecified atom stereocenters. The molecule has 6 nitrogen and oxygen atoms in total. The van der Waals surface area contributed by atoms with Gasteiger partial charge in [-0.1, -0.05) is 34.5 Å². The number of halogens is 2. The van der Waals surface area contributed by atoms with Gasteiger partial charge < -0.3 is 14.8 Å². The van der Waals surface area contributed by atoms with Gasteiger partial charge in [-0.25, -0.2) is 4.98 Å². The van der Waals surface area contributed by atoms with Crippen molar-refractivity contribution in [2.45, 2.75) is 0 Å². The van der Waals surface area contributed by atoms with Crippen LogP contribution >= 0.6 is 46.8 Å². The molecule has 0 spiro atoms. The largest absolute Gasteiger partial charge is 0.497 e. The Balaban J connectivity index is 1.74. The van der Waals surface area contributed by atoms with E-state index in [4.69, 9.17) is 44.9 Å². The number of aromatic nitrogens is 1. The number of thiocarbonyl (C=S) groups is 1. The van der Waals surface area contributed by atoms with Gasteiger partial charge >= 0.3 is 0 Å². The molecule has 3 rings (SSSR count). The highest BCUT2D eigenvalue weighted by molar-refractivity contribution is 7.80. The fraction of sp³-hybridized carbons (Fsp3) is 0.118. The number of carbonyl (C=O) groups is 1. The summed E-state index contributed by atoms with van der Waals surface area (Å²) in [6, 6.07) is 8.35. The van der Waals surface area contributed by atoms with Gasteiger partial charge in [0.25, 0.3) is 5.91 Å². The first-order valence-electron chi connectivity index (χ1n) is 7.51. The molecular weight excluding hydrogens is 429 g/mol. The molecule has 0 saturated carbocycles. The quantitative estimate of drug-likeness (QED) is 0.569. The Morgan fingerprint density at radius 2 is 1.81 bits per heavy atom. The first-order chi connectivity index (χ1) is 12.9. The molecule has 0 fully saturated rings. The molecular formula is C17H13Cl2N3O3S2. The third-order valence-corrected chi connectivity index (χ3v) is 5.45. The summed E-state index contributed by atoms with van der Waals surface area (Å²) in [5.74, 6) is 0.582. The van der Waals surface area contributed by atoms with E-state index in [1.807, 2.05) is 6.07 Å². The zero-order valence-corrected chi connectivity index (χ0v) is 17.3. The molecule has 140 valence electrons. The molecule has 2 aromatic carbocycles. The lowest BCUT2D eigenvalue weighted by Crippen LogP contribution is -2.34. The van der Waals surface area contributed by atoms with Crippen LogP contribution in [0, 0.1) is 0 Å². The molecule has 0 atom stereocenters. The number of rotatable bonds is 4. The highest BCUT2D eigenvalue weighted by Crippen LogP contribution is 2.35. The molecule has 0 radical (unpaired) electrons. The van der Waals surface area contributed by atoms with E-state index >= 15 is 0 Å². The first-order valence-corrected chi connectivity index (χ1v) is 9.49. The predicted octanol–water partition coefficient (Wildman–Crippen LogP) is 4.75. The zero-order valence-electron chi connectivity index (χ0n) is 14.1. The van der Waals surface area contributed by atoms with E-state index in [0.717, 1.165) is 4.70 Å². The van der Waals surface area contributed by atoms with Crippen molar-refractivity contribution >= 4 is 73.1 Å². The number of carbonyl (C=O) groups excluding carboxylic acids is 1. The summed E-state index contributed by atoms with van der Waals surface area (Å²) in [5.41, 5.74) is 0.915. The van der Waals surface area contributed by atoms with Crippen LogP contribution in [0.4, 0.5) is 5.13 Å². The average molecular weight is 442 g/mol. The van der Waals surface area contributed by atoms with Gasteiger partial charge in [-0.15, -0.1) is 0 Å². The third-order valence-electron chi connectivity index (χ3n) is 3.51. The van der Waals surface area contributed by atoms with E-state index in [-0.39, 0.29) is 5.11 Å². The standard InChI is InChI=1S/C17H13Cl2N3O3S2/c1-24-9-5-8(6-10(7-9)25-2)15(23)21-16(26)22-17-20-14-12(27-17)4-3-11(18)13(14)19/h3-7H,1-2H3,(H2,20,21,22,23,26). The topological polar surface area (TPSA) is 72.5 Å². The number of ether oxygens (including phenoxy) is 2. The van der Waals surface area contributed by atoms with Gasteiger partial charge in [0.1, 0.15) is 17.0 Å². The van der Waals surface area contributed by atoms with E-state index in [2.05, 4.69) is 15.6 Å². The van der Waals surface area contributed by atoms with Crippen molar-refractivity contribution in [2.24, 2.45) is 0 Å². The van der Waals surface area contributed by atoms with Gasteiger partial charge in [-0.05, 0) is 36.5 Å². The molecule has 0 aliphatic carbocycles. The summed E-state index contributed by atoms with van der Waals surface area (Å²) < 4.78 is 11.2. The Hall–Kier alpha value is -2.13. The Morgan fingerprint density at radius 3 is 2.44 bits per heavy atom. The summed E-state index contributed by atoms with van der Waals surface area (Å²) in [6.07, 6.45) is 0. The second-order valence-electron chi connectivity index (χ2n) is 5.24. The van der Waals surface area contributed by atoms with Crippen molar-refractivity contribution in [3.8, 4) is 11.5 Å². The van der Waals surface area contributed by atoms with Crippen molar-refractivity contribution in [3.63, 3.8) is 0 Å². The molecule has 1 amide bonds. The number of fused-ring (bicyclic) bond motifs is 1. The van der Waals surface area contributed by atoms with Gasteiger partial charge in [-0.2, -0.15) is 0 Å². The van der Waals surface area contributed by atoms with Crippen molar-refractivity contribution < 1.29 is 14.3 Å². The maximum Gasteiger partial charge on any atom is 0.257 e. The Morgan fingerprint density at radius 1 is 1.15 bits per heavy atom. The van der Waals surface area contributed by atoms with Crippen molar-refractivity contribution in [3.05, 3.63) is 45.9 Å². The third kappa shape index (κ3) is 4.41. The van der Waals surface area contributed by atoms with E-state index in [1.165, 1.54) is 25.6 Å². The van der Waals surface area contributed by atoms with Gasteiger partial charge in [0.05, 0.1) is 29.0 Å². The van der Waals surface area contributed by atoms with Crippen LogP contribution in [-0.2, 0) is 0 Å². The van der Waals surface area contributed by atoms with Gasteiger partial charge in [0.15, 0.2) is 10.2 Å². The minimum Gasteiger partial charge on any atom is -0.497 e. The zero-order chi connectivity index (χ0) is 19.6. The Kier molecular flexibility index (Phi) is 6.01. The fourth-order valence-corrected chi connectivity index (χ4v) is 3.78. The lowest BCUT2D eigenvalue weighted by Gasteiger charge is -2.10. The minimum atomic E-state index is -0.410. The highest BCUT2D eigenvalue weighted by Gasteiger charge is 2.14. The maximum atomic E-state index is 12.4. The SMILES string of the molecule is COc1cc(OC)cc(C(=O)NC(=S)Nc2nc3c(Cl)c(Cl)ccc3s2)c1. The van der Waals surface area contributed by atoms with Crippen LogP contribution in [0.15, 0.2) is 30.3 Å². The van der Waals surface area contributed by atoms with E-state index in [1.54, 1.807) is 24.3 Å².